The highest BCUT2D eigenvalue weighted by Crippen LogP contribution is 2.31. The normalized spacial score (nSPS) is 22.3. The maximum absolute atomic E-state index is 11.5. The summed E-state index contributed by atoms with van der Waals surface area (Å²) in [5.74, 6) is 0.0842. The van der Waals surface area contributed by atoms with Gasteiger partial charge in [-0.2, -0.15) is 0 Å². The van der Waals surface area contributed by atoms with Crippen LogP contribution in [0.2, 0.25) is 0 Å². The molecule has 0 fully saturated rings. The zero-order chi connectivity index (χ0) is 10.6. The second-order valence-electron chi connectivity index (χ2n) is 3.58. The molecule has 0 aliphatic heterocycles. The molecule has 14 heavy (non-hydrogen) atoms. The third kappa shape index (κ3) is 2.28. The highest BCUT2D eigenvalue weighted by atomic mass is 16.5. The van der Waals surface area contributed by atoms with Crippen molar-refractivity contribution in [2.75, 3.05) is 6.61 Å². The van der Waals surface area contributed by atoms with E-state index < -0.39 is 0 Å². The van der Waals surface area contributed by atoms with Gasteiger partial charge in [0.05, 0.1) is 12.2 Å². The van der Waals surface area contributed by atoms with Crippen LogP contribution in [0.1, 0.15) is 39.5 Å². The van der Waals surface area contributed by atoms with Gasteiger partial charge in [0.15, 0.2) is 0 Å². The quantitative estimate of drug-likeness (QED) is 0.709. The van der Waals surface area contributed by atoms with Crippen molar-refractivity contribution in [1.29, 1.82) is 0 Å². The number of hydrogen-bond acceptors (Lipinski definition) is 3. The van der Waals surface area contributed by atoms with Crippen LogP contribution in [-0.4, -0.2) is 17.7 Å². The van der Waals surface area contributed by atoms with Gasteiger partial charge in [0, 0.05) is 6.42 Å². The monoisotopic (exact) mass is 198 g/mol. The Kier molecular flexibility index (Phi) is 3.98. The van der Waals surface area contributed by atoms with Crippen LogP contribution in [-0.2, 0) is 9.53 Å². The summed E-state index contributed by atoms with van der Waals surface area (Å²) < 4.78 is 4.93. The lowest BCUT2D eigenvalue weighted by molar-refractivity contribution is -0.139. The molecule has 80 valence electrons. The number of hydrogen-bond donors (Lipinski definition) is 1. The molecule has 1 N–H and O–H groups in total. The molecule has 0 aromatic carbocycles. The predicted molar refractivity (Wildman–Crippen MR) is 53.9 cm³/mol. The number of carbonyl (C=O) groups is 1. The standard InChI is InChI=1S/C11H18O3/c1-3-8-6-5-7-9(12)10(8)11(13)14-4-2/h8,12H,3-7H2,1-2H3. The highest BCUT2D eigenvalue weighted by molar-refractivity contribution is 5.89. The van der Waals surface area contributed by atoms with Crippen LogP contribution in [0.25, 0.3) is 0 Å². The fraction of sp³-hybridized carbons (Fsp3) is 0.727. The highest BCUT2D eigenvalue weighted by Gasteiger charge is 2.27. The molecule has 0 aromatic heterocycles. The summed E-state index contributed by atoms with van der Waals surface area (Å²) in [4.78, 5) is 11.5. The molecule has 1 rings (SSSR count). The largest absolute Gasteiger partial charge is 0.512 e. The lowest BCUT2D eigenvalue weighted by Crippen LogP contribution is -2.21. The molecule has 1 atom stereocenters. The van der Waals surface area contributed by atoms with Crippen molar-refractivity contribution in [3.05, 3.63) is 11.3 Å². The van der Waals surface area contributed by atoms with E-state index in [0.29, 0.717) is 18.6 Å². The molecule has 0 saturated heterocycles. The Bertz CT molecular complexity index is 243. The van der Waals surface area contributed by atoms with Crippen molar-refractivity contribution in [2.45, 2.75) is 39.5 Å². The van der Waals surface area contributed by atoms with Gasteiger partial charge in [0.25, 0.3) is 0 Å². The molecular weight excluding hydrogens is 180 g/mol. The zero-order valence-corrected chi connectivity index (χ0v) is 8.88. The summed E-state index contributed by atoms with van der Waals surface area (Å²) in [7, 11) is 0. The van der Waals surface area contributed by atoms with Crippen molar-refractivity contribution in [3.63, 3.8) is 0 Å². The van der Waals surface area contributed by atoms with Gasteiger partial charge in [0.1, 0.15) is 5.76 Å². The van der Waals surface area contributed by atoms with E-state index in [2.05, 4.69) is 0 Å². The van der Waals surface area contributed by atoms with E-state index in [9.17, 15) is 9.90 Å². The number of aliphatic hydroxyl groups is 1. The Labute approximate surface area is 84.8 Å². The van der Waals surface area contributed by atoms with Gasteiger partial charge in [-0.15, -0.1) is 0 Å². The molecule has 0 spiro atoms. The third-order valence-electron chi connectivity index (χ3n) is 2.67. The minimum absolute atomic E-state index is 0.183. The average Bonchev–Trinajstić information content (AvgIpc) is 2.17. The minimum atomic E-state index is -0.337. The average molecular weight is 198 g/mol. The zero-order valence-electron chi connectivity index (χ0n) is 8.88. The number of allylic oxidation sites excluding steroid dienone is 1. The first-order valence-corrected chi connectivity index (χ1v) is 5.29. The van der Waals surface area contributed by atoms with Crippen LogP contribution in [0, 0.1) is 5.92 Å². The van der Waals surface area contributed by atoms with Crippen LogP contribution in [0.15, 0.2) is 11.3 Å². The number of aliphatic hydroxyl groups excluding tert-OH is 1. The predicted octanol–water partition coefficient (Wildman–Crippen LogP) is 2.57. The van der Waals surface area contributed by atoms with Crippen molar-refractivity contribution >= 4 is 5.97 Å². The molecule has 1 aliphatic rings. The van der Waals surface area contributed by atoms with Crippen LogP contribution in [0.3, 0.4) is 0 Å². The van der Waals surface area contributed by atoms with Crippen molar-refractivity contribution in [2.24, 2.45) is 5.92 Å². The van der Waals surface area contributed by atoms with E-state index in [1.165, 1.54) is 0 Å². The van der Waals surface area contributed by atoms with E-state index in [0.717, 1.165) is 19.3 Å². The number of rotatable bonds is 3. The maximum atomic E-state index is 11.5. The van der Waals surface area contributed by atoms with Crippen LogP contribution >= 0.6 is 0 Å². The lowest BCUT2D eigenvalue weighted by Gasteiger charge is -2.23. The Hall–Kier alpha value is -0.990. The second-order valence-corrected chi connectivity index (χ2v) is 3.58. The lowest BCUT2D eigenvalue weighted by atomic mass is 9.85. The first kappa shape index (κ1) is 11.1. The van der Waals surface area contributed by atoms with E-state index in [1.807, 2.05) is 6.92 Å². The molecule has 1 unspecified atom stereocenters. The van der Waals surface area contributed by atoms with Gasteiger partial charge in [-0.3, -0.25) is 0 Å². The fourth-order valence-corrected chi connectivity index (χ4v) is 1.93. The summed E-state index contributed by atoms with van der Waals surface area (Å²) in [5, 5.41) is 9.65. The SMILES string of the molecule is CCOC(=O)C1=C(O)CCCC1CC. The molecule has 3 heteroatoms. The van der Waals surface area contributed by atoms with E-state index in [-0.39, 0.29) is 17.6 Å². The van der Waals surface area contributed by atoms with E-state index in [4.69, 9.17) is 4.74 Å². The Balaban J connectivity index is 2.82. The van der Waals surface area contributed by atoms with Crippen molar-refractivity contribution in [1.82, 2.24) is 0 Å². The first-order valence-electron chi connectivity index (χ1n) is 5.29. The molecule has 1 aliphatic carbocycles. The van der Waals surface area contributed by atoms with Gasteiger partial charge < -0.3 is 9.84 Å². The molecular formula is C11H18O3. The maximum Gasteiger partial charge on any atom is 0.337 e. The van der Waals surface area contributed by atoms with E-state index in [1.54, 1.807) is 6.92 Å². The van der Waals surface area contributed by atoms with Gasteiger partial charge in [0.2, 0.25) is 0 Å². The summed E-state index contributed by atoms with van der Waals surface area (Å²) in [6.07, 6.45) is 3.45. The second kappa shape index (κ2) is 5.03. The van der Waals surface area contributed by atoms with Crippen LogP contribution in [0.4, 0.5) is 0 Å². The van der Waals surface area contributed by atoms with Gasteiger partial charge in [-0.1, -0.05) is 6.92 Å². The van der Waals surface area contributed by atoms with Crippen LogP contribution in [0.5, 0.6) is 0 Å². The number of ether oxygens (including phenoxy) is 1. The fourth-order valence-electron chi connectivity index (χ4n) is 1.93. The van der Waals surface area contributed by atoms with Crippen LogP contribution < -0.4 is 0 Å². The smallest absolute Gasteiger partial charge is 0.337 e. The first-order chi connectivity index (χ1) is 6.70. The molecule has 0 aromatic rings. The Morgan fingerprint density at radius 1 is 1.57 bits per heavy atom. The van der Waals surface area contributed by atoms with Gasteiger partial charge in [-0.05, 0) is 32.1 Å². The summed E-state index contributed by atoms with van der Waals surface area (Å²) in [6.45, 7) is 4.17. The van der Waals surface area contributed by atoms with E-state index >= 15 is 0 Å². The number of esters is 1. The topological polar surface area (TPSA) is 46.5 Å². The summed E-state index contributed by atoms with van der Waals surface area (Å²) in [6, 6.07) is 0. The molecule has 0 amide bonds. The van der Waals surface area contributed by atoms with Gasteiger partial charge in [-0.25, -0.2) is 4.79 Å². The van der Waals surface area contributed by atoms with Crippen molar-refractivity contribution in [3.8, 4) is 0 Å². The molecule has 0 bridgehead atoms. The third-order valence-corrected chi connectivity index (χ3v) is 2.67. The number of carbonyl (C=O) groups excluding carboxylic acids is 1. The summed E-state index contributed by atoms with van der Waals surface area (Å²) in [5.41, 5.74) is 0.514. The minimum Gasteiger partial charge on any atom is -0.512 e. The molecule has 3 nitrogen and oxygen atoms in total. The molecule has 0 saturated carbocycles. The Morgan fingerprint density at radius 3 is 2.86 bits per heavy atom. The van der Waals surface area contributed by atoms with Crippen molar-refractivity contribution < 1.29 is 14.6 Å². The molecule has 0 heterocycles. The summed E-state index contributed by atoms with van der Waals surface area (Å²) >= 11 is 0. The van der Waals surface area contributed by atoms with Gasteiger partial charge >= 0.3 is 5.97 Å². The molecule has 0 radical (unpaired) electrons. The Morgan fingerprint density at radius 2 is 2.29 bits per heavy atom.